The highest BCUT2D eigenvalue weighted by atomic mass is 19.1. The third-order valence-corrected chi connectivity index (χ3v) is 4.88. The van der Waals surface area contributed by atoms with Gasteiger partial charge < -0.3 is 14.4 Å². The zero-order valence-corrected chi connectivity index (χ0v) is 15.8. The highest BCUT2D eigenvalue weighted by molar-refractivity contribution is 5.96. The van der Waals surface area contributed by atoms with Gasteiger partial charge in [0.15, 0.2) is 0 Å². The molecule has 7 heteroatoms. The molecular weight excluding hydrogens is 353 g/mol. The third-order valence-electron chi connectivity index (χ3n) is 4.88. The number of carbonyl (C=O) groups is 3. The standard InChI is InChI=1S/C20H26FNO5/c1-3-27-19(24)13-18(23)15-10-11-22(20(25)26-2)17(12-15)9-6-14-4-7-16(21)8-5-14/h4-5,7-8,15,17H,3,6,9-13H2,1-2H3/t15-,17-/m0/s1. The lowest BCUT2D eigenvalue weighted by molar-refractivity contribution is -0.146. The molecule has 6 nitrogen and oxygen atoms in total. The number of rotatable bonds is 7. The molecule has 0 bridgehead atoms. The van der Waals surface area contributed by atoms with Crippen molar-refractivity contribution in [3.8, 4) is 0 Å². The van der Waals surface area contributed by atoms with Crippen LogP contribution in [0.5, 0.6) is 0 Å². The molecule has 0 saturated carbocycles. The molecule has 0 N–H and O–H groups in total. The smallest absolute Gasteiger partial charge is 0.409 e. The molecule has 1 heterocycles. The molecule has 1 amide bonds. The first kappa shape index (κ1) is 20.9. The average Bonchev–Trinajstić information content (AvgIpc) is 2.66. The summed E-state index contributed by atoms with van der Waals surface area (Å²) >= 11 is 0. The Labute approximate surface area is 158 Å². The number of Topliss-reactive ketones (excluding diaryl/α,β-unsaturated/α-hetero) is 1. The van der Waals surface area contributed by atoms with Crippen LogP contribution in [0, 0.1) is 11.7 Å². The molecule has 0 radical (unpaired) electrons. The van der Waals surface area contributed by atoms with Gasteiger partial charge in [-0.15, -0.1) is 0 Å². The lowest BCUT2D eigenvalue weighted by Crippen LogP contribution is -2.47. The number of amides is 1. The second-order valence-electron chi connectivity index (χ2n) is 6.65. The Morgan fingerprint density at radius 3 is 2.56 bits per heavy atom. The summed E-state index contributed by atoms with van der Waals surface area (Å²) in [5, 5.41) is 0. The van der Waals surface area contributed by atoms with E-state index < -0.39 is 12.1 Å². The summed E-state index contributed by atoms with van der Waals surface area (Å²) in [4.78, 5) is 37.7. The highest BCUT2D eigenvalue weighted by Gasteiger charge is 2.35. The Balaban J connectivity index is 2.01. The zero-order valence-electron chi connectivity index (χ0n) is 15.8. The van der Waals surface area contributed by atoms with Crippen LogP contribution in [0.15, 0.2) is 24.3 Å². The Hall–Kier alpha value is -2.44. The van der Waals surface area contributed by atoms with Gasteiger partial charge >= 0.3 is 12.1 Å². The van der Waals surface area contributed by atoms with E-state index in [2.05, 4.69) is 0 Å². The molecule has 1 aliphatic heterocycles. The monoisotopic (exact) mass is 379 g/mol. The van der Waals surface area contributed by atoms with E-state index >= 15 is 0 Å². The molecule has 0 aliphatic carbocycles. The molecule has 1 saturated heterocycles. The zero-order chi connectivity index (χ0) is 19.8. The summed E-state index contributed by atoms with van der Waals surface area (Å²) < 4.78 is 22.8. The average molecular weight is 379 g/mol. The summed E-state index contributed by atoms with van der Waals surface area (Å²) in [6.45, 7) is 2.34. The molecule has 1 aromatic carbocycles. The topological polar surface area (TPSA) is 72.9 Å². The van der Waals surface area contributed by atoms with E-state index in [1.807, 2.05) is 0 Å². The van der Waals surface area contributed by atoms with Crippen LogP contribution in [0.25, 0.3) is 0 Å². The number of hydrogen-bond acceptors (Lipinski definition) is 5. The highest BCUT2D eigenvalue weighted by Crippen LogP contribution is 2.28. The number of piperidine rings is 1. The number of likely N-dealkylation sites (tertiary alicyclic amines) is 1. The number of ketones is 1. The van der Waals surface area contributed by atoms with Crippen molar-refractivity contribution in [2.75, 3.05) is 20.3 Å². The molecule has 1 fully saturated rings. The van der Waals surface area contributed by atoms with Gasteiger partial charge in [-0.2, -0.15) is 0 Å². The molecular formula is C20H26FNO5. The Bertz CT molecular complexity index is 661. The fourth-order valence-corrected chi connectivity index (χ4v) is 3.46. The van der Waals surface area contributed by atoms with Crippen LogP contribution in [-0.4, -0.2) is 49.0 Å². The van der Waals surface area contributed by atoms with E-state index in [1.54, 1.807) is 24.0 Å². The third kappa shape index (κ3) is 6.05. The van der Waals surface area contributed by atoms with Crippen molar-refractivity contribution in [3.05, 3.63) is 35.6 Å². The number of benzene rings is 1. The van der Waals surface area contributed by atoms with Gasteiger partial charge in [0, 0.05) is 18.5 Å². The van der Waals surface area contributed by atoms with E-state index in [0.29, 0.717) is 32.2 Å². The number of methoxy groups -OCH3 is 1. The normalized spacial score (nSPS) is 19.4. The molecule has 1 aromatic rings. The van der Waals surface area contributed by atoms with Crippen LogP contribution in [0.2, 0.25) is 0 Å². The van der Waals surface area contributed by atoms with Crippen LogP contribution in [0.4, 0.5) is 9.18 Å². The second kappa shape index (κ2) is 10.0. The minimum atomic E-state index is -0.513. The van der Waals surface area contributed by atoms with Gasteiger partial charge in [0.2, 0.25) is 0 Å². The van der Waals surface area contributed by atoms with Crippen LogP contribution >= 0.6 is 0 Å². The Morgan fingerprint density at radius 2 is 1.93 bits per heavy atom. The van der Waals surface area contributed by atoms with Crippen LogP contribution < -0.4 is 0 Å². The maximum atomic E-state index is 13.0. The van der Waals surface area contributed by atoms with E-state index in [4.69, 9.17) is 9.47 Å². The molecule has 2 rings (SSSR count). The summed E-state index contributed by atoms with van der Waals surface area (Å²) in [5.74, 6) is -1.24. The van der Waals surface area contributed by atoms with Crippen molar-refractivity contribution in [1.82, 2.24) is 4.90 Å². The Morgan fingerprint density at radius 1 is 1.22 bits per heavy atom. The summed E-state index contributed by atoms with van der Waals surface area (Å²) in [5.41, 5.74) is 0.959. The minimum Gasteiger partial charge on any atom is -0.466 e. The van der Waals surface area contributed by atoms with E-state index in [1.165, 1.54) is 19.2 Å². The molecule has 0 aromatic heterocycles. The lowest BCUT2D eigenvalue weighted by Gasteiger charge is -2.38. The molecule has 0 unspecified atom stereocenters. The minimum absolute atomic E-state index is 0.148. The summed E-state index contributed by atoms with van der Waals surface area (Å²) in [7, 11) is 1.33. The van der Waals surface area contributed by atoms with Crippen molar-refractivity contribution in [2.24, 2.45) is 5.92 Å². The SMILES string of the molecule is CCOC(=O)CC(=O)[C@H]1CCN(C(=O)OC)[C@@H](CCc2ccc(F)cc2)C1. The van der Waals surface area contributed by atoms with Crippen molar-refractivity contribution < 1.29 is 28.2 Å². The van der Waals surface area contributed by atoms with Gasteiger partial charge in [0.05, 0.1) is 13.7 Å². The number of aryl methyl sites for hydroxylation is 1. The van der Waals surface area contributed by atoms with Gasteiger partial charge in [-0.3, -0.25) is 9.59 Å². The summed E-state index contributed by atoms with van der Waals surface area (Å²) in [6.07, 6.45) is 1.60. The first-order valence-electron chi connectivity index (χ1n) is 9.22. The maximum Gasteiger partial charge on any atom is 0.409 e. The van der Waals surface area contributed by atoms with Gasteiger partial charge in [0.25, 0.3) is 0 Å². The van der Waals surface area contributed by atoms with Gasteiger partial charge in [-0.1, -0.05) is 12.1 Å². The van der Waals surface area contributed by atoms with E-state index in [9.17, 15) is 18.8 Å². The second-order valence-corrected chi connectivity index (χ2v) is 6.65. The number of halogens is 1. The molecule has 148 valence electrons. The van der Waals surface area contributed by atoms with Crippen molar-refractivity contribution in [3.63, 3.8) is 0 Å². The van der Waals surface area contributed by atoms with E-state index in [0.717, 1.165) is 5.56 Å². The number of hydrogen-bond donors (Lipinski definition) is 0. The molecule has 2 atom stereocenters. The first-order valence-corrected chi connectivity index (χ1v) is 9.22. The van der Waals surface area contributed by atoms with Crippen LogP contribution in [-0.2, 0) is 25.5 Å². The largest absolute Gasteiger partial charge is 0.466 e. The molecule has 27 heavy (non-hydrogen) atoms. The number of esters is 1. The first-order chi connectivity index (χ1) is 12.9. The van der Waals surface area contributed by atoms with Gasteiger partial charge in [-0.25, -0.2) is 9.18 Å². The van der Waals surface area contributed by atoms with Crippen LogP contribution in [0.1, 0.15) is 38.2 Å². The molecule has 0 spiro atoms. The van der Waals surface area contributed by atoms with Crippen molar-refractivity contribution in [1.29, 1.82) is 0 Å². The Kier molecular flexibility index (Phi) is 7.76. The predicted octanol–water partition coefficient (Wildman–Crippen LogP) is 3.13. The maximum absolute atomic E-state index is 13.0. The number of nitrogens with zero attached hydrogens (tertiary/aromatic N) is 1. The molecule has 1 aliphatic rings. The number of ether oxygens (including phenoxy) is 2. The predicted molar refractivity (Wildman–Crippen MR) is 96.6 cm³/mol. The fraction of sp³-hybridized carbons (Fsp3) is 0.550. The lowest BCUT2D eigenvalue weighted by atomic mass is 9.84. The van der Waals surface area contributed by atoms with Crippen molar-refractivity contribution in [2.45, 2.75) is 45.1 Å². The summed E-state index contributed by atoms with van der Waals surface area (Å²) in [6, 6.07) is 6.06. The van der Waals surface area contributed by atoms with E-state index in [-0.39, 0.29) is 36.6 Å². The van der Waals surface area contributed by atoms with Crippen LogP contribution in [0.3, 0.4) is 0 Å². The fourth-order valence-electron chi connectivity index (χ4n) is 3.46. The number of carbonyl (C=O) groups excluding carboxylic acids is 3. The van der Waals surface area contributed by atoms with Gasteiger partial charge in [0.1, 0.15) is 18.0 Å². The van der Waals surface area contributed by atoms with Gasteiger partial charge in [-0.05, 0) is 50.3 Å². The quantitative estimate of drug-likeness (QED) is 0.538. The van der Waals surface area contributed by atoms with Crippen molar-refractivity contribution >= 4 is 17.8 Å².